The number of para-hydroxylation sites is 1. The van der Waals surface area contributed by atoms with E-state index < -0.39 is 0 Å². The molecule has 0 aliphatic rings. The minimum atomic E-state index is 0.309. The molecule has 3 aromatic rings. The average Bonchev–Trinajstić information content (AvgIpc) is 3.02. The zero-order valence-electron chi connectivity index (χ0n) is 11.6. The van der Waals surface area contributed by atoms with Crippen molar-refractivity contribution in [3.05, 3.63) is 71.4 Å². The van der Waals surface area contributed by atoms with Crippen molar-refractivity contribution in [3.8, 4) is 11.6 Å². The molecular weight excluding hydrogens is 302 g/mol. The Morgan fingerprint density at radius 1 is 1.09 bits per heavy atom. The third kappa shape index (κ3) is 3.05. The summed E-state index contributed by atoms with van der Waals surface area (Å²) in [5, 5.41) is 14.0. The number of hydrogen-bond acceptors (Lipinski definition) is 4. The molecule has 0 amide bonds. The Morgan fingerprint density at radius 2 is 1.86 bits per heavy atom. The van der Waals surface area contributed by atoms with E-state index in [0.717, 1.165) is 11.3 Å². The number of halogens is 1. The van der Waals surface area contributed by atoms with Gasteiger partial charge in [-0.05, 0) is 30.3 Å². The maximum atomic E-state index is 9.10. The smallest absolute Gasteiger partial charge is 0.216 e. The zero-order valence-corrected chi connectivity index (χ0v) is 12.4. The van der Waals surface area contributed by atoms with Crippen molar-refractivity contribution < 1.29 is 9.94 Å². The molecule has 0 atom stereocenters. The highest BCUT2D eigenvalue weighted by atomic mass is 35.5. The van der Waals surface area contributed by atoms with E-state index in [1.54, 1.807) is 35.1 Å². The summed E-state index contributed by atoms with van der Waals surface area (Å²) >= 11 is 5.90. The van der Waals surface area contributed by atoms with E-state index in [2.05, 4.69) is 10.6 Å². The Kier molecular flexibility index (Phi) is 4.27. The van der Waals surface area contributed by atoms with Gasteiger partial charge < -0.3 is 4.74 Å². The average molecular weight is 316 g/mol. The number of rotatable bonds is 5. The summed E-state index contributed by atoms with van der Waals surface area (Å²) in [6, 6.07) is 16.5. The summed E-state index contributed by atoms with van der Waals surface area (Å²) in [7, 11) is 0. The van der Waals surface area contributed by atoms with Gasteiger partial charge in [-0.2, -0.15) is 5.10 Å². The maximum absolute atomic E-state index is 9.10. The van der Waals surface area contributed by atoms with Crippen LogP contribution in [0.25, 0.3) is 5.69 Å². The molecule has 0 aliphatic carbocycles. The summed E-state index contributed by atoms with van der Waals surface area (Å²) in [6.07, 6.45) is 1.67. The van der Waals surface area contributed by atoms with Crippen LogP contribution in [0.3, 0.4) is 0 Å². The first kappa shape index (κ1) is 14.4. The standard InChI is InChI=1S/C16H14ClN3O2/c17-13-5-7-14(8-6-13)20-16(9-10-18-20)22-11-12-3-1-2-4-15(12)19-21/h1-10,19,21H,11H2. The van der Waals surface area contributed by atoms with E-state index in [1.807, 2.05) is 30.3 Å². The molecule has 22 heavy (non-hydrogen) atoms. The van der Waals surface area contributed by atoms with Crippen LogP contribution in [0.15, 0.2) is 60.8 Å². The first-order valence-corrected chi connectivity index (χ1v) is 7.06. The second-order valence-corrected chi connectivity index (χ2v) is 5.05. The van der Waals surface area contributed by atoms with Gasteiger partial charge in [-0.15, -0.1) is 0 Å². The fourth-order valence-corrected chi connectivity index (χ4v) is 2.21. The van der Waals surface area contributed by atoms with Crippen LogP contribution in [0, 0.1) is 0 Å². The SMILES string of the molecule is ONc1ccccc1COc1ccnn1-c1ccc(Cl)cc1. The molecule has 0 bridgehead atoms. The second kappa shape index (κ2) is 6.51. The van der Waals surface area contributed by atoms with Gasteiger partial charge in [0.15, 0.2) is 0 Å². The molecule has 0 saturated carbocycles. The topological polar surface area (TPSA) is 59.3 Å². The normalized spacial score (nSPS) is 10.5. The summed E-state index contributed by atoms with van der Waals surface area (Å²) in [5.74, 6) is 0.607. The third-order valence-electron chi connectivity index (χ3n) is 3.19. The van der Waals surface area contributed by atoms with Gasteiger partial charge in [0.2, 0.25) is 5.88 Å². The monoisotopic (exact) mass is 315 g/mol. The quantitative estimate of drug-likeness (QED) is 0.701. The molecule has 1 aromatic heterocycles. The highest BCUT2D eigenvalue weighted by Crippen LogP contribution is 2.21. The molecule has 0 radical (unpaired) electrons. The molecule has 0 unspecified atom stereocenters. The molecule has 5 nitrogen and oxygen atoms in total. The van der Waals surface area contributed by atoms with Gasteiger partial charge in [-0.25, -0.2) is 4.68 Å². The molecule has 1 heterocycles. The van der Waals surface area contributed by atoms with Crippen LogP contribution in [0.2, 0.25) is 5.02 Å². The maximum Gasteiger partial charge on any atom is 0.216 e. The van der Waals surface area contributed by atoms with Crippen LogP contribution in [-0.4, -0.2) is 15.0 Å². The van der Waals surface area contributed by atoms with Gasteiger partial charge >= 0.3 is 0 Å². The molecule has 0 aliphatic heterocycles. The van der Waals surface area contributed by atoms with Crippen LogP contribution in [0.1, 0.15) is 5.56 Å². The number of anilines is 1. The molecule has 6 heteroatoms. The van der Waals surface area contributed by atoms with E-state index in [0.29, 0.717) is 23.2 Å². The number of hydrogen-bond donors (Lipinski definition) is 2. The molecule has 0 fully saturated rings. The first-order chi connectivity index (χ1) is 10.8. The van der Waals surface area contributed by atoms with Crippen LogP contribution in [0.5, 0.6) is 5.88 Å². The second-order valence-electron chi connectivity index (χ2n) is 4.62. The summed E-state index contributed by atoms with van der Waals surface area (Å²) < 4.78 is 7.49. The van der Waals surface area contributed by atoms with Crippen molar-refractivity contribution >= 4 is 17.3 Å². The number of aromatic nitrogens is 2. The minimum Gasteiger partial charge on any atom is -0.473 e. The van der Waals surface area contributed by atoms with E-state index in [4.69, 9.17) is 21.5 Å². The van der Waals surface area contributed by atoms with Gasteiger partial charge in [-0.3, -0.25) is 10.7 Å². The van der Waals surface area contributed by atoms with Gasteiger partial charge in [0.1, 0.15) is 6.61 Å². The molecule has 3 rings (SSSR count). The number of benzene rings is 2. The summed E-state index contributed by atoms with van der Waals surface area (Å²) in [5.41, 5.74) is 4.47. The van der Waals surface area contributed by atoms with Crippen LogP contribution in [0.4, 0.5) is 5.69 Å². The largest absolute Gasteiger partial charge is 0.473 e. The lowest BCUT2D eigenvalue weighted by Gasteiger charge is -2.11. The van der Waals surface area contributed by atoms with Gasteiger partial charge in [0.25, 0.3) is 0 Å². The lowest BCUT2D eigenvalue weighted by atomic mass is 10.2. The Morgan fingerprint density at radius 3 is 2.64 bits per heavy atom. The molecule has 112 valence electrons. The fraction of sp³-hybridized carbons (Fsp3) is 0.0625. The van der Waals surface area contributed by atoms with Crippen molar-refractivity contribution in [2.24, 2.45) is 0 Å². The van der Waals surface area contributed by atoms with Crippen LogP contribution >= 0.6 is 11.6 Å². The molecule has 2 N–H and O–H groups in total. The molecule has 2 aromatic carbocycles. The molecule has 0 saturated heterocycles. The van der Waals surface area contributed by atoms with Crippen molar-refractivity contribution in [1.82, 2.24) is 9.78 Å². The highest BCUT2D eigenvalue weighted by Gasteiger charge is 2.08. The minimum absolute atomic E-state index is 0.309. The van der Waals surface area contributed by atoms with Crippen molar-refractivity contribution in [1.29, 1.82) is 0 Å². The predicted molar refractivity (Wildman–Crippen MR) is 84.8 cm³/mol. The van der Waals surface area contributed by atoms with Crippen molar-refractivity contribution in [3.63, 3.8) is 0 Å². The number of nitrogens with one attached hydrogen (secondary N) is 1. The number of ether oxygens (including phenoxy) is 1. The Hall–Kier alpha value is -2.50. The van der Waals surface area contributed by atoms with E-state index in [9.17, 15) is 0 Å². The predicted octanol–water partition coefficient (Wildman–Crippen LogP) is 3.91. The number of nitrogens with zero attached hydrogens (tertiary/aromatic N) is 2. The zero-order chi connectivity index (χ0) is 15.4. The molecule has 0 spiro atoms. The lowest BCUT2D eigenvalue weighted by Crippen LogP contribution is -2.05. The first-order valence-electron chi connectivity index (χ1n) is 6.69. The Labute approximate surface area is 132 Å². The fourth-order valence-electron chi connectivity index (χ4n) is 2.08. The van der Waals surface area contributed by atoms with Gasteiger partial charge in [-0.1, -0.05) is 29.8 Å². The van der Waals surface area contributed by atoms with E-state index >= 15 is 0 Å². The lowest BCUT2D eigenvalue weighted by molar-refractivity contribution is 0.283. The summed E-state index contributed by atoms with van der Waals surface area (Å²) in [6.45, 7) is 0.309. The third-order valence-corrected chi connectivity index (χ3v) is 3.44. The Bertz CT molecular complexity index is 756. The van der Waals surface area contributed by atoms with E-state index in [1.165, 1.54) is 0 Å². The highest BCUT2D eigenvalue weighted by molar-refractivity contribution is 6.30. The van der Waals surface area contributed by atoms with Crippen LogP contribution in [-0.2, 0) is 6.61 Å². The Balaban J connectivity index is 1.79. The van der Waals surface area contributed by atoms with Crippen LogP contribution < -0.4 is 10.2 Å². The molecular formula is C16H14ClN3O2. The van der Waals surface area contributed by atoms with E-state index in [-0.39, 0.29) is 0 Å². The van der Waals surface area contributed by atoms with Crippen molar-refractivity contribution in [2.45, 2.75) is 6.61 Å². The van der Waals surface area contributed by atoms with Crippen molar-refractivity contribution in [2.75, 3.05) is 5.48 Å². The summed E-state index contributed by atoms with van der Waals surface area (Å²) in [4.78, 5) is 0. The van der Waals surface area contributed by atoms with Gasteiger partial charge in [0.05, 0.1) is 17.6 Å². The van der Waals surface area contributed by atoms with Gasteiger partial charge in [0, 0.05) is 16.7 Å².